The normalized spacial score (nSPS) is 12.5. The van der Waals surface area contributed by atoms with Crippen molar-refractivity contribution in [3.63, 3.8) is 0 Å². The predicted molar refractivity (Wildman–Crippen MR) is 63.0 cm³/mol. The van der Waals surface area contributed by atoms with Crippen molar-refractivity contribution in [3.05, 3.63) is 18.0 Å². The van der Waals surface area contributed by atoms with Crippen LogP contribution in [0, 0.1) is 5.92 Å². The van der Waals surface area contributed by atoms with E-state index in [2.05, 4.69) is 5.10 Å². The Morgan fingerprint density at radius 2 is 2.38 bits per heavy atom. The third kappa shape index (κ3) is 2.82. The van der Waals surface area contributed by atoms with Crippen LogP contribution in [-0.2, 0) is 7.05 Å². The van der Waals surface area contributed by atoms with Crippen LogP contribution in [0.1, 0.15) is 24.3 Å². The second kappa shape index (κ2) is 5.65. The van der Waals surface area contributed by atoms with Crippen molar-refractivity contribution in [3.8, 4) is 0 Å². The fourth-order valence-corrected chi connectivity index (χ4v) is 1.55. The van der Waals surface area contributed by atoms with Crippen LogP contribution in [-0.4, -0.2) is 40.2 Å². The van der Waals surface area contributed by atoms with E-state index in [1.807, 2.05) is 13.8 Å². The van der Waals surface area contributed by atoms with Gasteiger partial charge < -0.3 is 10.6 Å². The fourth-order valence-electron chi connectivity index (χ4n) is 1.55. The van der Waals surface area contributed by atoms with Gasteiger partial charge in [-0.15, -0.1) is 0 Å². The fraction of sp³-hybridized carbons (Fsp3) is 0.636. The molecule has 1 unspecified atom stereocenters. The molecule has 1 amide bonds. The Balaban J connectivity index is 2.74. The van der Waals surface area contributed by atoms with Crippen LogP contribution in [0.25, 0.3) is 0 Å². The van der Waals surface area contributed by atoms with E-state index in [4.69, 9.17) is 5.73 Å². The molecule has 0 aliphatic heterocycles. The van der Waals surface area contributed by atoms with Crippen LogP contribution in [0.15, 0.2) is 12.3 Å². The van der Waals surface area contributed by atoms with Crippen molar-refractivity contribution in [1.29, 1.82) is 0 Å². The first-order valence-corrected chi connectivity index (χ1v) is 5.57. The average Bonchev–Trinajstić information content (AvgIpc) is 2.71. The van der Waals surface area contributed by atoms with Crippen LogP contribution < -0.4 is 5.73 Å². The van der Waals surface area contributed by atoms with E-state index >= 15 is 0 Å². The lowest BCUT2D eigenvalue weighted by Crippen LogP contribution is -2.37. The lowest BCUT2D eigenvalue weighted by atomic mass is 10.1. The molecule has 1 aromatic heterocycles. The molecule has 1 atom stereocenters. The minimum absolute atomic E-state index is 0.0165. The lowest BCUT2D eigenvalue weighted by molar-refractivity contribution is 0.0732. The van der Waals surface area contributed by atoms with Gasteiger partial charge in [0.15, 0.2) is 0 Å². The van der Waals surface area contributed by atoms with Crippen molar-refractivity contribution in [1.82, 2.24) is 14.7 Å². The molecular weight excluding hydrogens is 204 g/mol. The predicted octanol–water partition coefficient (Wildman–Crippen LogP) is 0.477. The Labute approximate surface area is 96.2 Å². The van der Waals surface area contributed by atoms with E-state index < -0.39 is 0 Å². The summed E-state index contributed by atoms with van der Waals surface area (Å²) in [5.74, 6) is 0.333. The van der Waals surface area contributed by atoms with E-state index in [1.165, 1.54) is 0 Å². The number of carbonyl (C=O) groups excluding carboxylic acids is 1. The van der Waals surface area contributed by atoms with Gasteiger partial charge in [0.1, 0.15) is 5.69 Å². The Bertz CT molecular complexity index is 348. The molecule has 0 spiro atoms. The summed E-state index contributed by atoms with van der Waals surface area (Å²) in [7, 11) is 1.77. The van der Waals surface area contributed by atoms with Crippen molar-refractivity contribution >= 4 is 5.91 Å². The monoisotopic (exact) mass is 224 g/mol. The zero-order chi connectivity index (χ0) is 12.1. The molecule has 0 saturated heterocycles. The zero-order valence-electron chi connectivity index (χ0n) is 10.2. The van der Waals surface area contributed by atoms with Gasteiger partial charge in [-0.3, -0.25) is 9.48 Å². The molecule has 1 heterocycles. The van der Waals surface area contributed by atoms with Gasteiger partial charge in [-0.2, -0.15) is 5.10 Å². The first-order valence-electron chi connectivity index (χ1n) is 5.57. The highest BCUT2D eigenvalue weighted by atomic mass is 16.2. The summed E-state index contributed by atoms with van der Waals surface area (Å²) in [5.41, 5.74) is 6.18. The second-order valence-electron chi connectivity index (χ2n) is 4.02. The van der Waals surface area contributed by atoms with Gasteiger partial charge in [0.05, 0.1) is 0 Å². The highest BCUT2D eigenvalue weighted by Crippen LogP contribution is 2.06. The molecular formula is C11H20N4O. The van der Waals surface area contributed by atoms with E-state index in [1.54, 1.807) is 28.9 Å². The molecule has 0 fully saturated rings. The first-order chi connectivity index (χ1) is 7.60. The van der Waals surface area contributed by atoms with Crippen LogP contribution >= 0.6 is 0 Å². The number of nitrogens with zero attached hydrogens (tertiary/aromatic N) is 3. The highest BCUT2D eigenvalue weighted by molar-refractivity contribution is 5.92. The van der Waals surface area contributed by atoms with Gasteiger partial charge in [-0.05, 0) is 25.5 Å². The SMILES string of the molecule is CCN(CC(C)CN)C(=O)c1ccnn1C. The van der Waals surface area contributed by atoms with Crippen LogP contribution in [0.4, 0.5) is 0 Å². The molecule has 1 rings (SSSR count). The molecule has 0 aliphatic rings. The molecule has 16 heavy (non-hydrogen) atoms. The van der Waals surface area contributed by atoms with E-state index in [9.17, 15) is 4.79 Å². The topological polar surface area (TPSA) is 64.2 Å². The zero-order valence-corrected chi connectivity index (χ0v) is 10.2. The number of aryl methyl sites for hydroxylation is 1. The maximum Gasteiger partial charge on any atom is 0.272 e. The minimum atomic E-state index is 0.0165. The molecule has 90 valence electrons. The largest absolute Gasteiger partial charge is 0.337 e. The number of nitrogens with two attached hydrogens (primary N) is 1. The Kier molecular flexibility index (Phi) is 4.49. The van der Waals surface area contributed by atoms with Crippen molar-refractivity contribution in [2.45, 2.75) is 13.8 Å². The molecule has 0 aromatic carbocycles. The summed E-state index contributed by atoms with van der Waals surface area (Å²) < 4.78 is 1.60. The van der Waals surface area contributed by atoms with Crippen LogP contribution in [0.2, 0.25) is 0 Å². The molecule has 0 aliphatic carbocycles. The molecule has 0 radical (unpaired) electrons. The van der Waals surface area contributed by atoms with Gasteiger partial charge in [0.2, 0.25) is 0 Å². The quantitative estimate of drug-likeness (QED) is 0.791. The highest BCUT2D eigenvalue weighted by Gasteiger charge is 2.18. The van der Waals surface area contributed by atoms with Gasteiger partial charge in [-0.25, -0.2) is 0 Å². The summed E-state index contributed by atoms with van der Waals surface area (Å²) >= 11 is 0. The summed E-state index contributed by atoms with van der Waals surface area (Å²) in [5, 5.41) is 4.00. The maximum absolute atomic E-state index is 12.1. The number of hydrogen-bond donors (Lipinski definition) is 1. The molecule has 5 heteroatoms. The first kappa shape index (κ1) is 12.7. The third-order valence-corrected chi connectivity index (χ3v) is 2.64. The Hall–Kier alpha value is -1.36. The van der Waals surface area contributed by atoms with Crippen molar-refractivity contribution < 1.29 is 4.79 Å². The number of amides is 1. The van der Waals surface area contributed by atoms with Crippen LogP contribution in [0.3, 0.4) is 0 Å². The molecule has 0 saturated carbocycles. The molecule has 5 nitrogen and oxygen atoms in total. The van der Waals surface area contributed by atoms with Gasteiger partial charge in [0.25, 0.3) is 5.91 Å². The summed E-state index contributed by atoms with van der Waals surface area (Å²) in [6.07, 6.45) is 1.63. The van der Waals surface area contributed by atoms with Crippen molar-refractivity contribution in [2.75, 3.05) is 19.6 Å². The Morgan fingerprint density at radius 3 is 2.81 bits per heavy atom. The van der Waals surface area contributed by atoms with Gasteiger partial charge in [-0.1, -0.05) is 6.92 Å². The number of hydrogen-bond acceptors (Lipinski definition) is 3. The number of carbonyl (C=O) groups is 1. The molecule has 1 aromatic rings. The average molecular weight is 224 g/mol. The van der Waals surface area contributed by atoms with Crippen LogP contribution in [0.5, 0.6) is 0 Å². The lowest BCUT2D eigenvalue weighted by Gasteiger charge is -2.23. The van der Waals surface area contributed by atoms with E-state index in [0.29, 0.717) is 31.2 Å². The Morgan fingerprint density at radius 1 is 1.69 bits per heavy atom. The van der Waals surface area contributed by atoms with Gasteiger partial charge >= 0.3 is 0 Å². The van der Waals surface area contributed by atoms with Crippen molar-refractivity contribution in [2.24, 2.45) is 18.7 Å². The summed E-state index contributed by atoms with van der Waals surface area (Å²) in [4.78, 5) is 13.9. The standard InChI is InChI=1S/C11H20N4O/c1-4-15(8-9(2)7-12)11(16)10-5-6-13-14(10)3/h5-6,9H,4,7-8,12H2,1-3H3. The summed E-state index contributed by atoms with van der Waals surface area (Å²) in [6.45, 7) is 5.98. The molecule has 0 bridgehead atoms. The molecule has 2 N–H and O–H groups in total. The maximum atomic E-state index is 12.1. The second-order valence-corrected chi connectivity index (χ2v) is 4.02. The number of aromatic nitrogens is 2. The minimum Gasteiger partial charge on any atom is -0.337 e. The third-order valence-electron chi connectivity index (χ3n) is 2.64. The smallest absolute Gasteiger partial charge is 0.272 e. The van der Waals surface area contributed by atoms with E-state index in [-0.39, 0.29) is 5.91 Å². The van der Waals surface area contributed by atoms with E-state index in [0.717, 1.165) is 0 Å². The summed E-state index contributed by atoms with van der Waals surface area (Å²) in [6, 6.07) is 1.73. The van der Waals surface area contributed by atoms with Gasteiger partial charge in [0, 0.05) is 26.3 Å². The number of rotatable bonds is 5.